The Balaban J connectivity index is 2.01. The third-order valence-corrected chi connectivity index (χ3v) is 3.37. The van der Waals surface area contributed by atoms with Gasteiger partial charge in [0, 0.05) is 17.5 Å². The van der Waals surface area contributed by atoms with Crippen molar-refractivity contribution in [2.24, 2.45) is 0 Å². The molecule has 3 N–H and O–H groups in total. The smallest absolute Gasteiger partial charge is 0.163 e. The molecule has 20 heavy (non-hydrogen) atoms. The van der Waals surface area contributed by atoms with E-state index < -0.39 is 0 Å². The van der Waals surface area contributed by atoms with Crippen LogP contribution in [0.2, 0.25) is 5.02 Å². The lowest BCUT2D eigenvalue weighted by molar-refractivity contribution is -0.825. The summed E-state index contributed by atoms with van der Waals surface area (Å²) in [6.45, 7) is 0. The second-order valence-electron chi connectivity index (χ2n) is 4.40. The van der Waals surface area contributed by atoms with Gasteiger partial charge in [0.15, 0.2) is 5.69 Å². The zero-order valence-corrected chi connectivity index (χ0v) is 11.3. The lowest BCUT2D eigenvalue weighted by atomic mass is 10.1. The summed E-state index contributed by atoms with van der Waals surface area (Å²) >= 11 is 6.15. The molecule has 0 heterocycles. The SMILES string of the molecule is O[NH2+]c1ccc(Oc2cccc3ccccc23)c(Cl)c1. The van der Waals surface area contributed by atoms with Gasteiger partial charge in [-0.15, -0.1) is 0 Å². The first-order valence-electron chi connectivity index (χ1n) is 6.20. The molecule has 3 rings (SSSR count). The zero-order chi connectivity index (χ0) is 13.9. The van der Waals surface area contributed by atoms with Crippen molar-refractivity contribution >= 4 is 28.1 Å². The summed E-state index contributed by atoms with van der Waals surface area (Å²) in [4.78, 5) is 0. The fourth-order valence-electron chi connectivity index (χ4n) is 2.08. The molecule has 3 aromatic rings. The molecule has 0 saturated heterocycles. The third-order valence-electron chi connectivity index (χ3n) is 3.07. The van der Waals surface area contributed by atoms with Crippen molar-refractivity contribution in [3.05, 3.63) is 65.7 Å². The number of quaternary nitrogens is 1. The minimum absolute atomic E-state index is 0.459. The van der Waals surface area contributed by atoms with Crippen LogP contribution < -0.4 is 10.2 Å². The number of hydrogen-bond donors (Lipinski definition) is 2. The Hall–Kier alpha value is -2.07. The van der Waals surface area contributed by atoms with E-state index in [1.165, 1.54) is 0 Å². The average molecular weight is 287 g/mol. The highest BCUT2D eigenvalue weighted by Crippen LogP contribution is 2.34. The van der Waals surface area contributed by atoms with Gasteiger partial charge < -0.3 is 4.74 Å². The minimum atomic E-state index is 0.459. The van der Waals surface area contributed by atoms with Crippen LogP contribution in [0.25, 0.3) is 10.8 Å². The molecule has 0 aliphatic rings. The van der Waals surface area contributed by atoms with E-state index in [1.54, 1.807) is 18.2 Å². The Bertz CT molecular complexity index is 753. The zero-order valence-electron chi connectivity index (χ0n) is 10.6. The fraction of sp³-hybridized carbons (Fsp3) is 0. The van der Waals surface area contributed by atoms with E-state index in [4.69, 9.17) is 21.5 Å². The average Bonchev–Trinajstić information content (AvgIpc) is 2.49. The molecule has 0 spiro atoms. The highest BCUT2D eigenvalue weighted by molar-refractivity contribution is 6.32. The quantitative estimate of drug-likeness (QED) is 0.567. The van der Waals surface area contributed by atoms with E-state index in [-0.39, 0.29) is 0 Å². The molecule has 4 heteroatoms. The molecular weight excluding hydrogens is 274 g/mol. The standard InChI is InChI=1S/C16H12ClNO2/c17-14-10-12(18-19)8-9-16(14)20-15-7-3-5-11-4-1-2-6-13(11)15/h1-10,18-19H/p+1. The lowest BCUT2D eigenvalue weighted by Crippen LogP contribution is -2.73. The first-order chi connectivity index (χ1) is 9.78. The van der Waals surface area contributed by atoms with Gasteiger partial charge in [-0.2, -0.15) is 5.48 Å². The molecule has 100 valence electrons. The fourth-order valence-corrected chi connectivity index (χ4v) is 2.31. The molecule has 0 radical (unpaired) electrons. The summed E-state index contributed by atoms with van der Waals surface area (Å²) in [6.07, 6.45) is 0. The summed E-state index contributed by atoms with van der Waals surface area (Å²) in [7, 11) is 0. The van der Waals surface area contributed by atoms with Gasteiger partial charge >= 0.3 is 0 Å². The summed E-state index contributed by atoms with van der Waals surface area (Å²) in [5.41, 5.74) is 1.65. The first-order valence-corrected chi connectivity index (χ1v) is 6.58. The van der Waals surface area contributed by atoms with Crippen LogP contribution in [0, 0.1) is 0 Å². The molecule has 0 saturated carbocycles. The van der Waals surface area contributed by atoms with E-state index >= 15 is 0 Å². The van der Waals surface area contributed by atoms with Crippen LogP contribution in [0.1, 0.15) is 0 Å². The number of hydrogen-bond acceptors (Lipinski definition) is 2. The number of fused-ring (bicyclic) bond motifs is 1. The molecule has 0 atom stereocenters. The Morgan fingerprint density at radius 3 is 2.50 bits per heavy atom. The molecule has 0 unspecified atom stereocenters. The number of halogens is 1. The summed E-state index contributed by atoms with van der Waals surface area (Å²) < 4.78 is 5.89. The van der Waals surface area contributed by atoms with Crippen LogP contribution in [-0.4, -0.2) is 5.21 Å². The van der Waals surface area contributed by atoms with Crippen molar-refractivity contribution in [2.45, 2.75) is 0 Å². The van der Waals surface area contributed by atoms with Gasteiger partial charge in [-0.3, -0.25) is 0 Å². The van der Waals surface area contributed by atoms with Crippen molar-refractivity contribution in [1.82, 2.24) is 0 Å². The summed E-state index contributed by atoms with van der Waals surface area (Å²) in [5.74, 6) is 1.32. The Labute approximate surface area is 121 Å². The normalized spacial score (nSPS) is 10.7. The van der Waals surface area contributed by atoms with Crippen LogP contribution in [0.3, 0.4) is 0 Å². The van der Waals surface area contributed by atoms with E-state index in [1.807, 2.05) is 42.5 Å². The molecule has 3 aromatic carbocycles. The van der Waals surface area contributed by atoms with Gasteiger partial charge in [-0.25, -0.2) is 5.21 Å². The molecule has 0 amide bonds. The van der Waals surface area contributed by atoms with Crippen molar-refractivity contribution in [1.29, 1.82) is 0 Å². The predicted molar refractivity (Wildman–Crippen MR) is 78.8 cm³/mol. The lowest BCUT2D eigenvalue weighted by Gasteiger charge is -2.10. The Morgan fingerprint density at radius 1 is 0.900 bits per heavy atom. The minimum Gasteiger partial charge on any atom is -0.455 e. The summed E-state index contributed by atoms with van der Waals surface area (Å²) in [5, 5.41) is 11.6. The highest BCUT2D eigenvalue weighted by atomic mass is 35.5. The van der Waals surface area contributed by atoms with Gasteiger partial charge in [-0.1, -0.05) is 48.0 Å². The van der Waals surface area contributed by atoms with Crippen LogP contribution in [0.4, 0.5) is 5.69 Å². The van der Waals surface area contributed by atoms with Crippen molar-refractivity contribution in [3.63, 3.8) is 0 Å². The molecule has 3 nitrogen and oxygen atoms in total. The monoisotopic (exact) mass is 286 g/mol. The van der Waals surface area contributed by atoms with Crippen LogP contribution in [0.15, 0.2) is 60.7 Å². The molecule has 0 aliphatic heterocycles. The number of benzene rings is 3. The van der Waals surface area contributed by atoms with Crippen molar-refractivity contribution < 1.29 is 15.4 Å². The van der Waals surface area contributed by atoms with Gasteiger partial charge in [0.2, 0.25) is 0 Å². The summed E-state index contributed by atoms with van der Waals surface area (Å²) in [6, 6.07) is 19.0. The molecule has 0 bridgehead atoms. The van der Waals surface area contributed by atoms with Crippen LogP contribution in [-0.2, 0) is 0 Å². The van der Waals surface area contributed by atoms with Gasteiger partial charge in [0.1, 0.15) is 11.5 Å². The van der Waals surface area contributed by atoms with Crippen molar-refractivity contribution in [2.75, 3.05) is 0 Å². The Kier molecular flexibility index (Phi) is 3.56. The first kappa shape index (κ1) is 12.9. The van der Waals surface area contributed by atoms with E-state index in [0.29, 0.717) is 16.5 Å². The maximum Gasteiger partial charge on any atom is 0.163 e. The number of ether oxygens (including phenoxy) is 1. The van der Waals surface area contributed by atoms with E-state index in [0.717, 1.165) is 22.0 Å². The maximum atomic E-state index is 8.96. The van der Waals surface area contributed by atoms with Crippen LogP contribution >= 0.6 is 11.6 Å². The van der Waals surface area contributed by atoms with Crippen LogP contribution in [0.5, 0.6) is 11.5 Å². The highest BCUT2D eigenvalue weighted by Gasteiger charge is 2.08. The predicted octanol–water partition coefficient (Wildman–Crippen LogP) is 3.87. The molecule has 0 aromatic heterocycles. The van der Waals surface area contributed by atoms with Gasteiger partial charge in [0.25, 0.3) is 0 Å². The molecule has 0 fully saturated rings. The van der Waals surface area contributed by atoms with Crippen molar-refractivity contribution in [3.8, 4) is 11.5 Å². The van der Waals surface area contributed by atoms with Gasteiger partial charge in [0.05, 0.1) is 5.02 Å². The topological polar surface area (TPSA) is 46.1 Å². The third kappa shape index (κ3) is 2.47. The number of rotatable bonds is 3. The second kappa shape index (κ2) is 5.51. The van der Waals surface area contributed by atoms with E-state index in [2.05, 4.69) is 0 Å². The largest absolute Gasteiger partial charge is 0.455 e. The van der Waals surface area contributed by atoms with E-state index in [9.17, 15) is 0 Å². The van der Waals surface area contributed by atoms with Gasteiger partial charge in [-0.05, 0) is 17.5 Å². The molecular formula is C16H13ClNO2+. The number of nitrogens with two attached hydrogens (primary N) is 1. The second-order valence-corrected chi connectivity index (χ2v) is 4.81. The molecule has 0 aliphatic carbocycles. The Morgan fingerprint density at radius 2 is 1.70 bits per heavy atom. The maximum absolute atomic E-state index is 8.96.